The number of ether oxygens (including phenoxy) is 1. The molecule has 0 aliphatic carbocycles. The summed E-state index contributed by atoms with van der Waals surface area (Å²) in [5.41, 5.74) is 3.85. The number of anilines is 1. The third-order valence-electron chi connectivity index (χ3n) is 5.59. The summed E-state index contributed by atoms with van der Waals surface area (Å²) < 4.78 is 7.46. The van der Waals surface area contributed by atoms with E-state index in [-0.39, 0.29) is 0 Å². The van der Waals surface area contributed by atoms with Crippen LogP contribution in [0.5, 0.6) is 5.75 Å². The van der Waals surface area contributed by atoms with Crippen molar-refractivity contribution in [3.63, 3.8) is 0 Å². The van der Waals surface area contributed by atoms with Crippen LogP contribution in [0.4, 0.5) is 5.69 Å². The number of fused-ring (bicyclic) bond motifs is 1. The number of guanidine groups is 1. The summed E-state index contributed by atoms with van der Waals surface area (Å²) in [6.07, 6.45) is 8.32. The van der Waals surface area contributed by atoms with Gasteiger partial charge in [0.2, 0.25) is 0 Å². The molecular formula is C22H32N6O. The van der Waals surface area contributed by atoms with Crippen LogP contribution < -0.4 is 20.3 Å². The van der Waals surface area contributed by atoms with Gasteiger partial charge in [-0.3, -0.25) is 9.67 Å². The Balaban J connectivity index is 1.33. The van der Waals surface area contributed by atoms with Crippen molar-refractivity contribution in [1.29, 1.82) is 0 Å². The fourth-order valence-corrected chi connectivity index (χ4v) is 4.11. The van der Waals surface area contributed by atoms with E-state index >= 15 is 0 Å². The zero-order chi connectivity index (χ0) is 20.1. The lowest BCUT2D eigenvalue weighted by molar-refractivity contribution is 0.357. The van der Waals surface area contributed by atoms with Crippen molar-refractivity contribution in [2.24, 2.45) is 12.0 Å². The van der Waals surface area contributed by atoms with Crippen LogP contribution in [0.25, 0.3) is 0 Å². The summed E-state index contributed by atoms with van der Waals surface area (Å²) >= 11 is 0. The molecule has 7 heteroatoms. The van der Waals surface area contributed by atoms with E-state index in [1.165, 1.54) is 23.2 Å². The van der Waals surface area contributed by atoms with Gasteiger partial charge in [-0.25, -0.2) is 0 Å². The molecule has 2 aromatic rings. The van der Waals surface area contributed by atoms with Crippen molar-refractivity contribution in [3.05, 3.63) is 41.7 Å². The number of hydrogen-bond acceptors (Lipinski definition) is 4. The maximum absolute atomic E-state index is 5.60. The molecule has 156 valence electrons. The van der Waals surface area contributed by atoms with Gasteiger partial charge in [-0.2, -0.15) is 5.10 Å². The molecule has 0 spiro atoms. The Morgan fingerprint density at radius 1 is 1.38 bits per heavy atom. The Morgan fingerprint density at radius 2 is 2.31 bits per heavy atom. The highest BCUT2D eigenvalue weighted by molar-refractivity contribution is 5.80. The first-order chi connectivity index (χ1) is 14.2. The molecule has 1 fully saturated rings. The molecule has 29 heavy (non-hydrogen) atoms. The van der Waals surface area contributed by atoms with Gasteiger partial charge in [-0.1, -0.05) is 12.1 Å². The van der Waals surface area contributed by atoms with E-state index in [0.717, 1.165) is 63.8 Å². The molecule has 4 rings (SSSR count). The molecule has 1 aromatic heterocycles. The van der Waals surface area contributed by atoms with E-state index < -0.39 is 0 Å². The number of hydrogen-bond donors (Lipinski definition) is 2. The monoisotopic (exact) mass is 396 g/mol. The van der Waals surface area contributed by atoms with Crippen molar-refractivity contribution in [2.45, 2.75) is 38.6 Å². The summed E-state index contributed by atoms with van der Waals surface area (Å²) in [6, 6.07) is 6.91. The topological polar surface area (TPSA) is 66.7 Å². The summed E-state index contributed by atoms with van der Waals surface area (Å²) in [7, 11) is 1.97. The van der Waals surface area contributed by atoms with E-state index in [1.54, 1.807) is 0 Å². The lowest BCUT2D eigenvalue weighted by Gasteiger charge is -2.34. The molecule has 0 saturated carbocycles. The van der Waals surface area contributed by atoms with Gasteiger partial charge < -0.3 is 20.3 Å². The normalized spacial score (nSPS) is 19.0. The molecule has 2 N–H and O–H groups in total. The largest absolute Gasteiger partial charge is 0.493 e. The third-order valence-corrected chi connectivity index (χ3v) is 5.59. The predicted octanol–water partition coefficient (Wildman–Crippen LogP) is 2.12. The smallest absolute Gasteiger partial charge is 0.191 e. The van der Waals surface area contributed by atoms with Gasteiger partial charge in [-0.05, 0) is 43.4 Å². The minimum atomic E-state index is 0.388. The lowest BCUT2D eigenvalue weighted by Crippen LogP contribution is -2.51. The standard InChI is InChI=1S/C22H32N6O/c1-3-23-22(24-10-8-17-6-7-21-18(13-17)9-12-29-21)26-19-5-4-11-28(15-19)20-14-25-27(2)16-20/h6-7,13-14,16,19H,3-5,8-12,15H2,1-2H3,(H2,23,24,26). The number of nitrogens with one attached hydrogen (secondary N) is 2. The summed E-state index contributed by atoms with van der Waals surface area (Å²) in [5.74, 6) is 1.96. The Kier molecular flexibility index (Phi) is 6.22. The SMILES string of the molecule is CCNC(=NCCc1ccc2c(c1)CCO2)NC1CCCN(c2cnn(C)c2)C1. The highest BCUT2D eigenvalue weighted by Gasteiger charge is 2.21. The molecule has 0 amide bonds. The number of benzene rings is 1. The fourth-order valence-electron chi connectivity index (χ4n) is 4.11. The zero-order valence-corrected chi connectivity index (χ0v) is 17.5. The highest BCUT2D eigenvalue weighted by atomic mass is 16.5. The lowest BCUT2D eigenvalue weighted by atomic mass is 10.1. The van der Waals surface area contributed by atoms with Gasteiger partial charge in [0.15, 0.2) is 5.96 Å². The maximum atomic E-state index is 5.60. The molecule has 1 unspecified atom stereocenters. The van der Waals surface area contributed by atoms with Crippen LogP contribution in [0.15, 0.2) is 35.6 Å². The summed E-state index contributed by atoms with van der Waals surface area (Å²) in [5, 5.41) is 11.4. The van der Waals surface area contributed by atoms with Crippen LogP contribution in [0.3, 0.4) is 0 Å². The van der Waals surface area contributed by atoms with Gasteiger partial charge in [0.1, 0.15) is 5.75 Å². The fraction of sp³-hybridized carbons (Fsp3) is 0.545. The molecule has 2 aliphatic heterocycles. The van der Waals surface area contributed by atoms with Crippen molar-refractivity contribution in [3.8, 4) is 5.75 Å². The molecular weight excluding hydrogens is 364 g/mol. The van der Waals surface area contributed by atoms with Crippen LogP contribution in [-0.2, 0) is 19.9 Å². The maximum Gasteiger partial charge on any atom is 0.191 e. The molecule has 0 radical (unpaired) electrons. The molecule has 0 bridgehead atoms. The molecule has 7 nitrogen and oxygen atoms in total. The average Bonchev–Trinajstić information content (AvgIpc) is 3.37. The van der Waals surface area contributed by atoms with Gasteiger partial charge in [0.05, 0.1) is 18.5 Å². The number of nitrogens with zero attached hydrogens (tertiary/aromatic N) is 4. The second-order valence-electron chi connectivity index (χ2n) is 7.85. The van der Waals surface area contributed by atoms with E-state index in [0.29, 0.717) is 6.04 Å². The van der Waals surface area contributed by atoms with Crippen molar-refractivity contribution >= 4 is 11.6 Å². The third kappa shape index (κ3) is 5.02. The van der Waals surface area contributed by atoms with Crippen LogP contribution in [0.2, 0.25) is 0 Å². The van der Waals surface area contributed by atoms with E-state index in [4.69, 9.17) is 9.73 Å². The van der Waals surface area contributed by atoms with Crippen LogP contribution in [0, 0.1) is 0 Å². The van der Waals surface area contributed by atoms with Gasteiger partial charge >= 0.3 is 0 Å². The van der Waals surface area contributed by atoms with Crippen LogP contribution in [0.1, 0.15) is 30.9 Å². The second-order valence-corrected chi connectivity index (χ2v) is 7.85. The molecule has 1 saturated heterocycles. The first-order valence-electron chi connectivity index (χ1n) is 10.7. The number of rotatable bonds is 6. The molecule has 3 heterocycles. The van der Waals surface area contributed by atoms with Crippen molar-refractivity contribution in [1.82, 2.24) is 20.4 Å². The van der Waals surface area contributed by atoms with E-state index in [2.05, 4.69) is 52.0 Å². The number of aromatic nitrogens is 2. The quantitative estimate of drug-likeness (QED) is 0.578. The predicted molar refractivity (Wildman–Crippen MR) is 117 cm³/mol. The van der Waals surface area contributed by atoms with Crippen molar-refractivity contribution < 1.29 is 4.74 Å². The first kappa shape index (κ1) is 19.6. The Labute approximate surface area is 173 Å². The van der Waals surface area contributed by atoms with Crippen molar-refractivity contribution in [2.75, 3.05) is 37.7 Å². The minimum Gasteiger partial charge on any atom is -0.493 e. The highest BCUT2D eigenvalue weighted by Crippen LogP contribution is 2.26. The first-order valence-corrected chi connectivity index (χ1v) is 10.7. The second kappa shape index (κ2) is 9.20. The molecule has 1 aromatic carbocycles. The Morgan fingerprint density at radius 3 is 3.14 bits per heavy atom. The molecule has 1 atom stereocenters. The number of piperidine rings is 1. The summed E-state index contributed by atoms with van der Waals surface area (Å²) in [4.78, 5) is 7.23. The number of aliphatic imine (C=N–C) groups is 1. The van der Waals surface area contributed by atoms with E-state index in [9.17, 15) is 0 Å². The summed E-state index contributed by atoms with van der Waals surface area (Å²) in [6.45, 7) is 6.61. The van der Waals surface area contributed by atoms with Crippen LogP contribution >= 0.6 is 0 Å². The van der Waals surface area contributed by atoms with Gasteiger partial charge in [0.25, 0.3) is 0 Å². The van der Waals surface area contributed by atoms with Crippen LogP contribution in [-0.4, -0.2) is 54.6 Å². The van der Waals surface area contributed by atoms with Gasteiger partial charge in [-0.15, -0.1) is 0 Å². The van der Waals surface area contributed by atoms with E-state index in [1.807, 2.05) is 17.9 Å². The minimum absolute atomic E-state index is 0.388. The number of aryl methyl sites for hydroxylation is 1. The average molecular weight is 397 g/mol. The van der Waals surface area contributed by atoms with Gasteiger partial charge in [0, 0.05) is 51.9 Å². The Hall–Kier alpha value is -2.70. The molecule has 2 aliphatic rings. The zero-order valence-electron chi connectivity index (χ0n) is 17.5. The Bertz CT molecular complexity index is 846.